The van der Waals surface area contributed by atoms with Gasteiger partial charge in [0.2, 0.25) is 0 Å². The fraction of sp³-hybridized carbons (Fsp3) is 0.556. The second kappa shape index (κ2) is 4.17. The lowest BCUT2D eigenvalue weighted by atomic mass is 9.82. The van der Waals surface area contributed by atoms with E-state index in [2.05, 4.69) is 4.90 Å². The summed E-state index contributed by atoms with van der Waals surface area (Å²) in [6.07, 6.45) is 3.89. The summed E-state index contributed by atoms with van der Waals surface area (Å²) in [6, 6.07) is 1.70. The Balaban J connectivity index is 1.95. The first-order valence-corrected chi connectivity index (χ1v) is 4.91. The van der Waals surface area contributed by atoms with Crippen LogP contribution in [-0.2, 0) is 6.54 Å². The topological polar surface area (TPSA) is 56.8 Å². The number of likely N-dealkylation sites (tertiary alicyclic amines) is 1. The van der Waals surface area contributed by atoms with Crippen LogP contribution in [0.3, 0.4) is 0 Å². The molecule has 0 atom stereocenters. The van der Waals surface area contributed by atoms with Crippen LogP contribution in [0.15, 0.2) is 16.7 Å². The van der Waals surface area contributed by atoms with Crippen LogP contribution in [0.4, 0.5) is 0 Å². The van der Waals surface area contributed by atoms with Gasteiger partial charge in [0, 0.05) is 5.46 Å². The largest absolute Gasteiger partial charge is 0.491 e. The van der Waals surface area contributed by atoms with Gasteiger partial charge in [0.15, 0.2) is 0 Å². The van der Waals surface area contributed by atoms with Crippen molar-refractivity contribution >= 4 is 12.6 Å². The van der Waals surface area contributed by atoms with Crippen molar-refractivity contribution in [1.29, 1.82) is 0 Å². The maximum absolute atomic E-state index is 8.88. The van der Waals surface area contributed by atoms with Crippen molar-refractivity contribution in [2.75, 3.05) is 13.1 Å². The third-order valence-corrected chi connectivity index (χ3v) is 2.55. The average molecular weight is 195 g/mol. The van der Waals surface area contributed by atoms with Crippen LogP contribution in [0.2, 0.25) is 0 Å². The molecule has 76 valence electrons. The van der Waals surface area contributed by atoms with Gasteiger partial charge >= 0.3 is 7.12 Å². The van der Waals surface area contributed by atoms with Crippen molar-refractivity contribution in [3.05, 3.63) is 18.1 Å². The highest BCUT2D eigenvalue weighted by Gasteiger charge is 2.17. The van der Waals surface area contributed by atoms with Crippen LogP contribution in [0.1, 0.15) is 18.6 Å². The molecule has 4 nitrogen and oxygen atoms in total. The summed E-state index contributed by atoms with van der Waals surface area (Å²) in [5, 5.41) is 17.8. The number of hydrogen-bond acceptors (Lipinski definition) is 4. The fourth-order valence-corrected chi connectivity index (χ4v) is 1.78. The molecule has 5 heteroatoms. The smallest absolute Gasteiger partial charge is 0.468 e. The number of hydrogen-bond donors (Lipinski definition) is 2. The van der Waals surface area contributed by atoms with Crippen LogP contribution in [-0.4, -0.2) is 35.2 Å². The van der Waals surface area contributed by atoms with Crippen LogP contribution in [0.5, 0.6) is 0 Å². The van der Waals surface area contributed by atoms with Crippen LogP contribution in [0, 0.1) is 0 Å². The number of furan rings is 1. The Morgan fingerprint density at radius 3 is 2.64 bits per heavy atom. The van der Waals surface area contributed by atoms with Gasteiger partial charge < -0.3 is 14.5 Å². The van der Waals surface area contributed by atoms with E-state index in [-0.39, 0.29) is 0 Å². The molecule has 1 aromatic heterocycles. The maximum Gasteiger partial charge on any atom is 0.491 e. The van der Waals surface area contributed by atoms with E-state index in [1.807, 2.05) is 0 Å². The summed E-state index contributed by atoms with van der Waals surface area (Å²) in [7, 11) is -1.42. The Kier molecular flexibility index (Phi) is 2.91. The SMILES string of the molecule is OB(O)c1coc(CN2CCCC2)c1. The summed E-state index contributed by atoms with van der Waals surface area (Å²) >= 11 is 0. The minimum absolute atomic E-state index is 0.430. The highest BCUT2D eigenvalue weighted by Crippen LogP contribution is 2.12. The first-order valence-electron chi connectivity index (χ1n) is 4.91. The Hall–Kier alpha value is -0.775. The minimum Gasteiger partial charge on any atom is -0.468 e. The van der Waals surface area contributed by atoms with E-state index in [1.165, 1.54) is 19.1 Å². The molecular weight excluding hydrogens is 181 g/mol. The van der Waals surface area contributed by atoms with E-state index >= 15 is 0 Å². The molecular formula is C9H14BNO3. The Labute approximate surface area is 83.3 Å². The molecule has 0 spiro atoms. The first kappa shape index (κ1) is 9.77. The fourth-order valence-electron chi connectivity index (χ4n) is 1.78. The van der Waals surface area contributed by atoms with Crippen LogP contribution >= 0.6 is 0 Å². The Morgan fingerprint density at radius 1 is 1.36 bits per heavy atom. The summed E-state index contributed by atoms with van der Waals surface area (Å²) in [5.41, 5.74) is 0.430. The Bertz CT molecular complexity index is 294. The van der Waals surface area contributed by atoms with Gasteiger partial charge in [-0.1, -0.05) is 0 Å². The van der Waals surface area contributed by atoms with Crippen molar-refractivity contribution in [2.24, 2.45) is 0 Å². The van der Waals surface area contributed by atoms with Gasteiger partial charge in [-0.25, -0.2) is 0 Å². The van der Waals surface area contributed by atoms with Gasteiger partial charge in [0.05, 0.1) is 12.8 Å². The molecule has 0 aliphatic carbocycles. The lowest BCUT2D eigenvalue weighted by Gasteiger charge is -2.11. The van der Waals surface area contributed by atoms with Crippen molar-refractivity contribution in [3.63, 3.8) is 0 Å². The minimum atomic E-state index is -1.42. The lowest BCUT2D eigenvalue weighted by molar-refractivity contribution is 0.297. The van der Waals surface area contributed by atoms with Crippen molar-refractivity contribution in [3.8, 4) is 0 Å². The third-order valence-electron chi connectivity index (χ3n) is 2.55. The standard InChI is InChI=1S/C9H14BNO3/c12-10(13)8-5-9(14-7-8)6-11-3-1-2-4-11/h5,7,12-13H,1-4,6H2. The second-order valence-electron chi connectivity index (χ2n) is 3.70. The zero-order chi connectivity index (χ0) is 9.97. The number of nitrogens with zero attached hydrogens (tertiary/aromatic N) is 1. The van der Waals surface area contributed by atoms with Gasteiger partial charge in [-0.05, 0) is 32.0 Å². The van der Waals surface area contributed by atoms with Crippen LogP contribution < -0.4 is 5.46 Å². The highest BCUT2D eigenvalue weighted by molar-refractivity contribution is 6.58. The normalized spacial score (nSPS) is 17.6. The molecule has 0 unspecified atom stereocenters. The molecule has 0 aromatic carbocycles. The van der Waals surface area contributed by atoms with E-state index in [0.29, 0.717) is 5.46 Å². The predicted octanol–water partition coefficient (Wildman–Crippen LogP) is -0.445. The summed E-state index contributed by atoms with van der Waals surface area (Å²) < 4.78 is 5.23. The summed E-state index contributed by atoms with van der Waals surface area (Å²) in [5.74, 6) is 0.801. The molecule has 0 bridgehead atoms. The van der Waals surface area contributed by atoms with E-state index in [4.69, 9.17) is 14.5 Å². The average Bonchev–Trinajstić information content (AvgIpc) is 2.75. The maximum atomic E-state index is 8.88. The van der Waals surface area contributed by atoms with Gasteiger partial charge in [0.25, 0.3) is 0 Å². The van der Waals surface area contributed by atoms with Gasteiger partial charge in [-0.15, -0.1) is 0 Å². The molecule has 0 amide bonds. The molecule has 2 rings (SSSR count). The molecule has 1 aliphatic heterocycles. The molecule has 0 radical (unpaired) electrons. The van der Waals surface area contributed by atoms with E-state index in [0.717, 1.165) is 25.4 Å². The molecule has 2 N–H and O–H groups in total. The molecule has 2 heterocycles. The molecule has 1 fully saturated rings. The molecule has 14 heavy (non-hydrogen) atoms. The predicted molar refractivity (Wildman–Crippen MR) is 53.0 cm³/mol. The van der Waals surface area contributed by atoms with E-state index < -0.39 is 7.12 Å². The van der Waals surface area contributed by atoms with Gasteiger partial charge in [-0.2, -0.15) is 0 Å². The molecule has 1 saturated heterocycles. The molecule has 1 aliphatic rings. The quantitative estimate of drug-likeness (QED) is 0.641. The summed E-state index contributed by atoms with van der Waals surface area (Å²) in [4.78, 5) is 2.30. The van der Waals surface area contributed by atoms with E-state index in [9.17, 15) is 0 Å². The second-order valence-corrected chi connectivity index (χ2v) is 3.70. The zero-order valence-electron chi connectivity index (χ0n) is 8.02. The van der Waals surface area contributed by atoms with Gasteiger partial charge in [-0.3, -0.25) is 4.90 Å². The first-order chi connectivity index (χ1) is 6.75. The van der Waals surface area contributed by atoms with Gasteiger partial charge in [0.1, 0.15) is 5.76 Å². The van der Waals surface area contributed by atoms with Crippen molar-refractivity contribution in [1.82, 2.24) is 4.90 Å². The van der Waals surface area contributed by atoms with Crippen LogP contribution in [0.25, 0.3) is 0 Å². The highest BCUT2D eigenvalue weighted by atomic mass is 16.4. The van der Waals surface area contributed by atoms with E-state index in [1.54, 1.807) is 6.07 Å². The monoisotopic (exact) mass is 195 g/mol. The van der Waals surface area contributed by atoms with Crippen molar-refractivity contribution in [2.45, 2.75) is 19.4 Å². The number of rotatable bonds is 3. The lowest BCUT2D eigenvalue weighted by Crippen LogP contribution is -2.28. The summed E-state index contributed by atoms with van der Waals surface area (Å²) in [6.45, 7) is 2.99. The van der Waals surface area contributed by atoms with Crippen molar-refractivity contribution < 1.29 is 14.5 Å². The third kappa shape index (κ3) is 2.18. The zero-order valence-corrected chi connectivity index (χ0v) is 8.02. The Morgan fingerprint density at radius 2 is 2.07 bits per heavy atom. The molecule has 1 aromatic rings. The molecule has 0 saturated carbocycles.